The van der Waals surface area contributed by atoms with Gasteiger partial charge in [-0.15, -0.1) is 0 Å². The topological polar surface area (TPSA) is 44.1 Å². The van der Waals surface area contributed by atoms with Crippen LogP contribution in [0.15, 0.2) is 21.4 Å². The molecule has 1 aromatic carbocycles. The SMILES string of the molecule is Cc1c(-c2cc(OC(C)C)c(Br)cc2F)nc(C)n(C)c1=O. The molecule has 0 atom stereocenters. The van der Waals surface area contributed by atoms with Gasteiger partial charge < -0.3 is 4.74 Å². The molecule has 118 valence electrons. The van der Waals surface area contributed by atoms with Crippen molar-refractivity contribution in [2.75, 3.05) is 0 Å². The lowest BCUT2D eigenvalue weighted by Gasteiger charge is -2.15. The van der Waals surface area contributed by atoms with Gasteiger partial charge in [0.25, 0.3) is 5.56 Å². The van der Waals surface area contributed by atoms with Crippen molar-refractivity contribution in [1.29, 1.82) is 0 Å². The van der Waals surface area contributed by atoms with E-state index in [0.29, 0.717) is 27.3 Å². The Hall–Kier alpha value is -1.69. The number of ether oxygens (including phenoxy) is 1. The summed E-state index contributed by atoms with van der Waals surface area (Å²) >= 11 is 3.29. The van der Waals surface area contributed by atoms with Crippen molar-refractivity contribution in [3.8, 4) is 17.0 Å². The van der Waals surface area contributed by atoms with E-state index in [2.05, 4.69) is 20.9 Å². The fraction of sp³-hybridized carbons (Fsp3) is 0.375. The second-order valence-corrected chi connectivity index (χ2v) is 6.28. The Kier molecular flexibility index (Phi) is 4.70. The van der Waals surface area contributed by atoms with E-state index in [9.17, 15) is 9.18 Å². The minimum absolute atomic E-state index is 0.0472. The van der Waals surface area contributed by atoms with E-state index >= 15 is 0 Å². The Bertz CT molecular complexity index is 785. The zero-order valence-electron chi connectivity index (χ0n) is 13.2. The molecule has 0 aliphatic rings. The molecule has 2 rings (SSSR count). The molecule has 4 nitrogen and oxygen atoms in total. The zero-order chi connectivity index (χ0) is 16.6. The highest BCUT2D eigenvalue weighted by Gasteiger charge is 2.17. The number of aryl methyl sites for hydroxylation is 1. The number of rotatable bonds is 3. The summed E-state index contributed by atoms with van der Waals surface area (Å²) in [7, 11) is 1.65. The molecule has 0 fully saturated rings. The van der Waals surface area contributed by atoms with Crippen LogP contribution in [0, 0.1) is 19.7 Å². The monoisotopic (exact) mass is 368 g/mol. The molecule has 6 heteroatoms. The molecule has 1 heterocycles. The summed E-state index contributed by atoms with van der Waals surface area (Å²) in [5, 5.41) is 0. The van der Waals surface area contributed by atoms with Crippen LogP contribution < -0.4 is 10.3 Å². The molecule has 0 spiro atoms. The Morgan fingerprint density at radius 3 is 2.55 bits per heavy atom. The highest BCUT2D eigenvalue weighted by Crippen LogP contribution is 2.34. The van der Waals surface area contributed by atoms with Gasteiger partial charge in [-0.05, 0) is 55.8 Å². The molecule has 22 heavy (non-hydrogen) atoms. The first kappa shape index (κ1) is 16.7. The van der Waals surface area contributed by atoms with Crippen LogP contribution in [0.1, 0.15) is 25.2 Å². The predicted octanol–water partition coefficient (Wildman–Crippen LogP) is 3.75. The first-order valence-corrected chi connectivity index (χ1v) is 7.72. The van der Waals surface area contributed by atoms with Crippen LogP contribution >= 0.6 is 15.9 Å². The predicted molar refractivity (Wildman–Crippen MR) is 87.8 cm³/mol. The van der Waals surface area contributed by atoms with Gasteiger partial charge in [0.15, 0.2) is 0 Å². The number of benzene rings is 1. The first-order valence-electron chi connectivity index (χ1n) is 6.92. The minimum atomic E-state index is -0.453. The molecule has 0 aliphatic heterocycles. The molecule has 0 N–H and O–H groups in total. The van der Waals surface area contributed by atoms with Gasteiger partial charge in [-0.25, -0.2) is 9.37 Å². The molecule has 0 amide bonds. The summed E-state index contributed by atoms with van der Waals surface area (Å²) in [6.45, 7) is 7.14. The van der Waals surface area contributed by atoms with E-state index < -0.39 is 5.82 Å². The van der Waals surface area contributed by atoms with E-state index in [1.54, 1.807) is 27.0 Å². The normalized spacial score (nSPS) is 11.1. The van der Waals surface area contributed by atoms with Gasteiger partial charge in [-0.3, -0.25) is 9.36 Å². The van der Waals surface area contributed by atoms with Crippen molar-refractivity contribution in [3.63, 3.8) is 0 Å². The van der Waals surface area contributed by atoms with Gasteiger partial charge in [0, 0.05) is 18.2 Å². The first-order chi connectivity index (χ1) is 10.2. The van der Waals surface area contributed by atoms with Crippen molar-refractivity contribution < 1.29 is 9.13 Å². The third-order valence-electron chi connectivity index (χ3n) is 3.38. The lowest BCUT2D eigenvalue weighted by atomic mass is 10.1. The molecule has 0 bridgehead atoms. The van der Waals surface area contributed by atoms with Crippen molar-refractivity contribution >= 4 is 15.9 Å². The average molecular weight is 369 g/mol. The van der Waals surface area contributed by atoms with Crippen LogP contribution in [0.2, 0.25) is 0 Å². The van der Waals surface area contributed by atoms with E-state index in [0.717, 1.165) is 0 Å². The molecular weight excluding hydrogens is 351 g/mol. The van der Waals surface area contributed by atoms with Crippen LogP contribution in [0.25, 0.3) is 11.3 Å². The van der Waals surface area contributed by atoms with Crippen LogP contribution in [-0.4, -0.2) is 15.7 Å². The minimum Gasteiger partial charge on any atom is -0.490 e. The van der Waals surface area contributed by atoms with E-state index in [1.807, 2.05) is 13.8 Å². The Balaban J connectivity index is 2.70. The van der Waals surface area contributed by atoms with Gasteiger partial charge in [-0.1, -0.05) is 0 Å². The number of hydrogen-bond acceptors (Lipinski definition) is 3. The van der Waals surface area contributed by atoms with Crippen molar-refractivity contribution in [2.24, 2.45) is 7.05 Å². The molecule has 2 aromatic rings. The molecule has 1 aromatic heterocycles. The molecule has 0 unspecified atom stereocenters. The number of hydrogen-bond donors (Lipinski definition) is 0. The summed E-state index contributed by atoms with van der Waals surface area (Å²) in [4.78, 5) is 16.6. The molecule has 0 saturated carbocycles. The lowest BCUT2D eigenvalue weighted by molar-refractivity contribution is 0.240. The Morgan fingerprint density at radius 2 is 1.95 bits per heavy atom. The lowest BCUT2D eigenvalue weighted by Crippen LogP contribution is -2.24. The molecule has 0 radical (unpaired) electrons. The average Bonchev–Trinajstić information content (AvgIpc) is 2.43. The highest BCUT2D eigenvalue weighted by molar-refractivity contribution is 9.10. The van der Waals surface area contributed by atoms with E-state index in [1.165, 1.54) is 10.6 Å². The molecule has 0 aliphatic carbocycles. The quantitative estimate of drug-likeness (QED) is 0.828. The summed E-state index contributed by atoms with van der Waals surface area (Å²) < 4.78 is 22.0. The van der Waals surface area contributed by atoms with Crippen LogP contribution in [0.3, 0.4) is 0 Å². The zero-order valence-corrected chi connectivity index (χ0v) is 14.8. The summed E-state index contributed by atoms with van der Waals surface area (Å²) in [5.41, 5.74) is 0.831. The Morgan fingerprint density at radius 1 is 1.32 bits per heavy atom. The maximum atomic E-state index is 14.4. The van der Waals surface area contributed by atoms with Gasteiger partial charge in [-0.2, -0.15) is 0 Å². The fourth-order valence-electron chi connectivity index (χ4n) is 2.14. The van der Waals surface area contributed by atoms with E-state index in [-0.39, 0.29) is 17.2 Å². The maximum Gasteiger partial charge on any atom is 0.256 e. The highest BCUT2D eigenvalue weighted by atomic mass is 79.9. The van der Waals surface area contributed by atoms with E-state index in [4.69, 9.17) is 4.74 Å². The number of aromatic nitrogens is 2. The van der Waals surface area contributed by atoms with Crippen molar-refractivity contribution in [3.05, 3.63) is 44.2 Å². The van der Waals surface area contributed by atoms with Crippen molar-refractivity contribution in [1.82, 2.24) is 9.55 Å². The number of nitrogens with zero attached hydrogens (tertiary/aromatic N) is 2. The van der Waals surface area contributed by atoms with Crippen LogP contribution in [-0.2, 0) is 7.05 Å². The summed E-state index contributed by atoms with van der Waals surface area (Å²) in [6.07, 6.45) is -0.0472. The molecular formula is C16H18BrFN2O2. The summed E-state index contributed by atoms with van der Waals surface area (Å²) in [6, 6.07) is 2.91. The van der Waals surface area contributed by atoms with Gasteiger partial charge in [0.1, 0.15) is 17.4 Å². The summed E-state index contributed by atoms with van der Waals surface area (Å²) in [5.74, 6) is 0.594. The maximum absolute atomic E-state index is 14.4. The van der Waals surface area contributed by atoms with Gasteiger partial charge in [0.2, 0.25) is 0 Å². The largest absolute Gasteiger partial charge is 0.490 e. The van der Waals surface area contributed by atoms with Gasteiger partial charge >= 0.3 is 0 Å². The van der Waals surface area contributed by atoms with Crippen LogP contribution in [0.5, 0.6) is 5.75 Å². The van der Waals surface area contributed by atoms with Crippen LogP contribution in [0.4, 0.5) is 4.39 Å². The van der Waals surface area contributed by atoms with Crippen molar-refractivity contribution in [2.45, 2.75) is 33.8 Å². The third kappa shape index (κ3) is 3.06. The fourth-order valence-corrected chi connectivity index (χ4v) is 2.55. The standard InChI is InChI=1S/C16H18BrFN2O2/c1-8(2)22-14-6-11(13(18)7-12(14)17)15-9(3)16(21)20(5)10(4)19-15/h6-8H,1-5H3. The second-order valence-electron chi connectivity index (χ2n) is 5.43. The number of halogens is 2. The van der Waals surface area contributed by atoms with Gasteiger partial charge in [0.05, 0.1) is 16.3 Å². The molecule has 0 saturated heterocycles. The second kappa shape index (κ2) is 6.20. The Labute approximate surface area is 137 Å². The smallest absolute Gasteiger partial charge is 0.256 e. The third-order valence-corrected chi connectivity index (χ3v) is 4.00.